The van der Waals surface area contributed by atoms with E-state index in [2.05, 4.69) is 41.4 Å². The zero-order valence-electron chi connectivity index (χ0n) is 12.7. The van der Waals surface area contributed by atoms with Crippen LogP contribution in [-0.4, -0.2) is 42.7 Å². The van der Waals surface area contributed by atoms with Crippen LogP contribution in [0.2, 0.25) is 0 Å². The zero-order chi connectivity index (χ0) is 14.7. The molecule has 0 radical (unpaired) electrons. The second-order valence-electron chi connectivity index (χ2n) is 6.24. The number of amides is 1. The molecule has 3 nitrogen and oxygen atoms in total. The van der Waals surface area contributed by atoms with Gasteiger partial charge >= 0.3 is 0 Å². The van der Waals surface area contributed by atoms with Crippen molar-refractivity contribution in [3.05, 3.63) is 29.8 Å². The van der Waals surface area contributed by atoms with Gasteiger partial charge in [-0.05, 0) is 56.8 Å². The van der Waals surface area contributed by atoms with E-state index in [1.807, 2.05) is 0 Å². The van der Waals surface area contributed by atoms with Crippen molar-refractivity contribution in [1.29, 1.82) is 0 Å². The van der Waals surface area contributed by atoms with Crippen LogP contribution in [0.25, 0.3) is 0 Å². The molecule has 2 aliphatic heterocycles. The van der Waals surface area contributed by atoms with Gasteiger partial charge in [-0.15, -0.1) is 11.8 Å². The minimum absolute atomic E-state index is 0.300. The highest BCUT2D eigenvalue weighted by Crippen LogP contribution is 2.27. The van der Waals surface area contributed by atoms with Crippen LogP contribution in [0.3, 0.4) is 0 Å². The molecule has 1 aromatic rings. The monoisotopic (exact) mass is 304 g/mol. The van der Waals surface area contributed by atoms with Crippen LogP contribution in [0.4, 0.5) is 0 Å². The van der Waals surface area contributed by atoms with Gasteiger partial charge < -0.3 is 10.2 Å². The Morgan fingerprint density at radius 3 is 2.43 bits per heavy atom. The summed E-state index contributed by atoms with van der Waals surface area (Å²) in [5.41, 5.74) is 1.26. The minimum atomic E-state index is 0.300. The molecule has 2 fully saturated rings. The predicted molar refractivity (Wildman–Crippen MR) is 87.6 cm³/mol. The third-order valence-corrected chi connectivity index (χ3v) is 5.75. The molecule has 2 heterocycles. The Kier molecular flexibility index (Phi) is 4.86. The summed E-state index contributed by atoms with van der Waals surface area (Å²) < 4.78 is 0. The van der Waals surface area contributed by atoms with Crippen molar-refractivity contribution in [2.45, 2.75) is 24.7 Å². The van der Waals surface area contributed by atoms with Crippen LogP contribution in [0, 0.1) is 18.8 Å². The van der Waals surface area contributed by atoms with Gasteiger partial charge in [0.25, 0.3) is 0 Å². The normalized spacial score (nSPS) is 25.5. The second-order valence-corrected chi connectivity index (χ2v) is 7.29. The van der Waals surface area contributed by atoms with E-state index in [9.17, 15) is 4.79 Å². The molecule has 0 spiro atoms. The molecule has 0 aromatic heterocycles. The first kappa shape index (κ1) is 14.9. The third kappa shape index (κ3) is 3.80. The summed E-state index contributed by atoms with van der Waals surface area (Å²) in [4.78, 5) is 15.7. The topological polar surface area (TPSA) is 32.3 Å². The van der Waals surface area contributed by atoms with E-state index in [4.69, 9.17) is 0 Å². The van der Waals surface area contributed by atoms with Crippen molar-refractivity contribution in [2.75, 3.05) is 31.9 Å². The summed E-state index contributed by atoms with van der Waals surface area (Å²) in [5.74, 6) is 2.44. The van der Waals surface area contributed by atoms with Crippen LogP contribution >= 0.6 is 11.8 Å². The van der Waals surface area contributed by atoms with Gasteiger partial charge in [0.15, 0.2) is 0 Å². The molecule has 21 heavy (non-hydrogen) atoms. The summed E-state index contributed by atoms with van der Waals surface area (Å²) in [7, 11) is 0. The predicted octanol–water partition coefficient (Wildman–Crippen LogP) is 2.55. The van der Waals surface area contributed by atoms with Gasteiger partial charge in [-0.3, -0.25) is 4.79 Å². The molecule has 4 heteroatoms. The molecule has 1 amide bonds. The van der Waals surface area contributed by atoms with Crippen molar-refractivity contribution in [3.63, 3.8) is 0 Å². The number of likely N-dealkylation sites (tertiary alicyclic amines) is 1. The van der Waals surface area contributed by atoms with E-state index in [0.717, 1.165) is 38.0 Å². The first-order valence-corrected chi connectivity index (χ1v) is 8.89. The summed E-state index contributed by atoms with van der Waals surface area (Å²) in [6, 6.07) is 8.41. The molecule has 1 N–H and O–H groups in total. The van der Waals surface area contributed by atoms with Gasteiger partial charge in [0.2, 0.25) is 5.91 Å². The Morgan fingerprint density at radius 2 is 1.81 bits per heavy atom. The van der Waals surface area contributed by atoms with E-state index in [-0.39, 0.29) is 0 Å². The molecule has 3 rings (SSSR count). The maximum atomic E-state index is 12.4. The summed E-state index contributed by atoms with van der Waals surface area (Å²) in [6.45, 7) is 6.25. The molecule has 0 bridgehead atoms. The standard InChI is InChI=1S/C17H24N2OS/c1-13-2-4-16(5-3-13)21-12-17(20)19-8-6-14-10-18-11-15(14)7-9-19/h2-5,14-15,18H,6-12H2,1H3/t14-,15+. The molecule has 0 saturated carbocycles. The number of rotatable bonds is 3. The number of nitrogens with one attached hydrogen (secondary N) is 1. The Bertz CT molecular complexity index is 474. The fourth-order valence-electron chi connectivity index (χ4n) is 3.34. The Morgan fingerprint density at radius 1 is 1.19 bits per heavy atom. The molecule has 2 atom stereocenters. The number of hydrogen-bond donors (Lipinski definition) is 1. The number of hydrogen-bond acceptors (Lipinski definition) is 3. The molecule has 1 aromatic carbocycles. The molecular formula is C17H24N2OS. The summed E-state index contributed by atoms with van der Waals surface area (Å²) >= 11 is 1.66. The average Bonchev–Trinajstić information content (AvgIpc) is 2.85. The number of carbonyl (C=O) groups is 1. The van der Waals surface area contributed by atoms with Crippen LogP contribution < -0.4 is 5.32 Å². The quantitative estimate of drug-likeness (QED) is 0.871. The van der Waals surface area contributed by atoms with Crippen LogP contribution in [0.1, 0.15) is 18.4 Å². The number of fused-ring (bicyclic) bond motifs is 1. The highest BCUT2D eigenvalue weighted by atomic mass is 32.2. The molecular weight excluding hydrogens is 280 g/mol. The lowest BCUT2D eigenvalue weighted by atomic mass is 9.92. The highest BCUT2D eigenvalue weighted by molar-refractivity contribution is 8.00. The fraction of sp³-hybridized carbons (Fsp3) is 0.588. The van der Waals surface area contributed by atoms with Crippen molar-refractivity contribution in [1.82, 2.24) is 10.2 Å². The van der Waals surface area contributed by atoms with E-state index in [1.165, 1.54) is 23.3 Å². The lowest BCUT2D eigenvalue weighted by Crippen LogP contribution is -2.34. The zero-order valence-corrected chi connectivity index (χ0v) is 13.5. The summed E-state index contributed by atoms with van der Waals surface area (Å²) in [6.07, 6.45) is 2.33. The highest BCUT2D eigenvalue weighted by Gasteiger charge is 2.31. The molecule has 2 aliphatic rings. The number of benzene rings is 1. The SMILES string of the molecule is Cc1ccc(SCC(=O)N2CC[C@@H]3CNC[C@@H]3CC2)cc1. The van der Waals surface area contributed by atoms with Gasteiger partial charge in [-0.2, -0.15) is 0 Å². The fourth-order valence-corrected chi connectivity index (χ4v) is 4.14. The number of nitrogens with zero attached hydrogens (tertiary/aromatic N) is 1. The van der Waals surface area contributed by atoms with E-state index >= 15 is 0 Å². The lowest BCUT2D eigenvalue weighted by molar-refractivity contribution is -0.128. The maximum absolute atomic E-state index is 12.4. The van der Waals surface area contributed by atoms with Crippen molar-refractivity contribution in [2.24, 2.45) is 11.8 Å². The molecule has 2 saturated heterocycles. The van der Waals surface area contributed by atoms with Crippen LogP contribution in [0.15, 0.2) is 29.2 Å². The molecule has 0 aliphatic carbocycles. The van der Waals surface area contributed by atoms with Gasteiger partial charge in [-0.25, -0.2) is 0 Å². The Balaban J connectivity index is 1.50. The van der Waals surface area contributed by atoms with Gasteiger partial charge in [-0.1, -0.05) is 17.7 Å². The number of thioether (sulfide) groups is 1. The third-order valence-electron chi connectivity index (χ3n) is 4.76. The lowest BCUT2D eigenvalue weighted by Gasteiger charge is -2.20. The Hall–Kier alpha value is -1.00. The summed E-state index contributed by atoms with van der Waals surface area (Å²) in [5, 5.41) is 3.48. The first-order chi connectivity index (χ1) is 10.2. The smallest absolute Gasteiger partial charge is 0.232 e. The average molecular weight is 304 g/mol. The van der Waals surface area contributed by atoms with E-state index in [0.29, 0.717) is 11.7 Å². The first-order valence-electron chi connectivity index (χ1n) is 7.90. The van der Waals surface area contributed by atoms with E-state index in [1.54, 1.807) is 11.8 Å². The molecule has 114 valence electrons. The van der Waals surface area contributed by atoms with Crippen LogP contribution in [-0.2, 0) is 4.79 Å². The second kappa shape index (κ2) is 6.84. The van der Waals surface area contributed by atoms with E-state index < -0.39 is 0 Å². The van der Waals surface area contributed by atoms with Gasteiger partial charge in [0.1, 0.15) is 0 Å². The number of carbonyl (C=O) groups excluding carboxylic acids is 1. The maximum Gasteiger partial charge on any atom is 0.232 e. The number of aryl methyl sites for hydroxylation is 1. The van der Waals surface area contributed by atoms with Crippen molar-refractivity contribution in [3.8, 4) is 0 Å². The van der Waals surface area contributed by atoms with Crippen LogP contribution in [0.5, 0.6) is 0 Å². The Labute approximate surface area is 131 Å². The largest absolute Gasteiger partial charge is 0.342 e. The molecule has 0 unspecified atom stereocenters. The van der Waals surface area contributed by atoms with Crippen molar-refractivity contribution >= 4 is 17.7 Å². The van der Waals surface area contributed by atoms with Crippen molar-refractivity contribution < 1.29 is 4.79 Å². The van der Waals surface area contributed by atoms with Gasteiger partial charge in [0.05, 0.1) is 5.75 Å². The van der Waals surface area contributed by atoms with Gasteiger partial charge in [0, 0.05) is 18.0 Å². The minimum Gasteiger partial charge on any atom is -0.342 e.